The summed E-state index contributed by atoms with van der Waals surface area (Å²) in [6.07, 6.45) is 0.909. The highest BCUT2D eigenvalue weighted by Gasteiger charge is 2.11. The van der Waals surface area contributed by atoms with E-state index in [-0.39, 0.29) is 17.5 Å². The third kappa shape index (κ3) is 3.71. The number of hydrogen-bond donors (Lipinski definition) is 1. The summed E-state index contributed by atoms with van der Waals surface area (Å²) >= 11 is 1.42. The molecule has 4 nitrogen and oxygen atoms in total. The Balaban J connectivity index is 2.25. The Kier molecular flexibility index (Phi) is 5.66. The van der Waals surface area contributed by atoms with E-state index in [2.05, 4.69) is 5.32 Å². The van der Waals surface area contributed by atoms with E-state index in [1.165, 1.54) is 11.8 Å². The number of nitrogens with one attached hydrogen (secondary N) is 1. The molecule has 5 heteroatoms. The SMILES string of the molecule is CCC(C)NC(=O)CSc1cc(=O)n(CC)c2ccccc12. The Hall–Kier alpha value is -1.75. The molecular formula is C17H22N2O2S. The van der Waals surface area contributed by atoms with E-state index in [0.29, 0.717) is 12.3 Å². The van der Waals surface area contributed by atoms with Crippen LogP contribution in [0.15, 0.2) is 40.0 Å². The van der Waals surface area contributed by atoms with Crippen LogP contribution in [0.3, 0.4) is 0 Å². The first-order chi connectivity index (χ1) is 10.6. The molecule has 1 atom stereocenters. The van der Waals surface area contributed by atoms with E-state index in [0.717, 1.165) is 22.2 Å². The molecule has 0 bridgehead atoms. The Labute approximate surface area is 134 Å². The van der Waals surface area contributed by atoms with Gasteiger partial charge in [-0.3, -0.25) is 9.59 Å². The number of rotatable bonds is 6. The van der Waals surface area contributed by atoms with Gasteiger partial charge in [-0.25, -0.2) is 0 Å². The number of para-hydroxylation sites is 1. The number of aryl methyl sites for hydroxylation is 1. The summed E-state index contributed by atoms with van der Waals surface area (Å²) < 4.78 is 1.75. The zero-order chi connectivity index (χ0) is 16.1. The number of thioether (sulfide) groups is 1. The summed E-state index contributed by atoms with van der Waals surface area (Å²) in [7, 11) is 0. The number of nitrogens with zero attached hydrogens (tertiary/aromatic N) is 1. The average molecular weight is 318 g/mol. The standard InChI is InChI=1S/C17H22N2O2S/c1-4-12(3)18-16(20)11-22-15-10-17(21)19(5-2)14-9-7-6-8-13(14)15/h6-10,12H,4-5,11H2,1-3H3,(H,18,20). The summed E-state index contributed by atoms with van der Waals surface area (Å²) in [4.78, 5) is 25.0. The molecule has 1 aromatic heterocycles. The van der Waals surface area contributed by atoms with Gasteiger partial charge in [-0.1, -0.05) is 25.1 Å². The first-order valence-electron chi connectivity index (χ1n) is 7.61. The topological polar surface area (TPSA) is 51.1 Å². The normalized spacial score (nSPS) is 12.3. The van der Waals surface area contributed by atoms with Gasteiger partial charge in [0.15, 0.2) is 0 Å². The van der Waals surface area contributed by atoms with Gasteiger partial charge >= 0.3 is 0 Å². The van der Waals surface area contributed by atoms with Crippen LogP contribution in [-0.2, 0) is 11.3 Å². The molecule has 0 aliphatic rings. The second-order valence-corrected chi connectivity index (χ2v) is 6.29. The number of carbonyl (C=O) groups excluding carboxylic acids is 1. The van der Waals surface area contributed by atoms with Crippen molar-refractivity contribution in [2.24, 2.45) is 0 Å². The monoisotopic (exact) mass is 318 g/mol. The van der Waals surface area contributed by atoms with Crippen LogP contribution in [0.25, 0.3) is 10.9 Å². The zero-order valence-corrected chi connectivity index (χ0v) is 14.1. The van der Waals surface area contributed by atoms with Gasteiger partial charge in [-0.15, -0.1) is 11.8 Å². The van der Waals surface area contributed by atoms with E-state index in [1.807, 2.05) is 45.0 Å². The Morgan fingerprint density at radius 1 is 1.32 bits per heavy atom. The number of pyridine rings is 1. The van der Waals surface area contributed by atoms with Crippen LogP contribution in [0.2, 0.25) is 0 Å². The maximum absolute atomic E-state index is 12.2. The predicted molar refractivity (Wildman–Crippen MR) is 92.5 cm³/mol. The van der Waals surface area contributed by atoms with Crippen LogP contribution >= 0.6 is 11.8 Å². The molecule has 0 spiro atoms. The van der Waals surface area contributed by atoms with E-state index in [1.54, 1.807) is 10.6 Å². The van der Waals surface area contributed by atoms with E-state index < -0.39 is 0 Å². The molecule has 1 amide bonds. The Morgan fingerprint density at radius 2 is 2.05 bits per heavy atom. The van der Waals surface area contributed by atoms with Crippen molar-refractivity contribution in [2.45, 2.75) is 44.7 Å². The van der Waals surface area contributed by atoms with Gasteiger partial charge in [-0.05, 0) is 26.3 Å². The van der Waals surface area contributed by atoms with Gasteiger partial charge < -0.3 is 9.88 Å². The van der Waals surface area contributed by atoms with Crippen LogP contribution in [0.1, 0.15) is 27.2 Å². The predicted octanol–water partition coefficient (Wildman–Crippen LogP) is 3.03. The number of carbonyl (C=O) groups is 1. The second-order valence-electron chi connectivity index (χ2n) is 5.27. The molecular weight excluding hydrogens is 296 g/mol. The fourth-order valence-corrected chi connectivity index (χ4v) is 3.19. The average Bonchev–Trinajstić information content (AvgIpc) is 2.52. The molecule has 1 N–H and O–H groups in total. The summed E-state index contributed by atoms with van der Waals surface area (Å²) in [5, 5.41) is 3.96. The zero-order valence-electron chi connectivity index (χ0n) is 13.3. The number of aromatic nitrogens is 1. The highest BCUT2D eigenvalue weighted by atomic mass is 32.2. The summed E-state index contributed by atoms with van der Waals surface area (Å²) in [5.74, 6) is 0.326. The fraction of sp³-hybridized carbons (Fsp3) is 0.412. The molecule has 0 fully saturated rings. The minimum absolute atomic E-state index is 0.00287. The summed E-state index contributed by atoms with van der Waals surface area (Å²) in [6, 6.07) is 9.64. The maximum atomic E-state index is 12.2. The van der Waals surface area contributed by atoms with Crippen LogP contribution in [0.5, 0.6) is 0 Å². The van der Waals surface area contributed by atoms with Gasteiger partial charge in [0, 0.05) is 28.9 Å². The van der Waals surface area contributed by atoms with E-state index in [4.69, 9.17) is 0 Å². The van der Waals surface area contributed by atoms with Crippen molar-refractivity contribution in [3.8, 4) is 0 Å². The molecule has 0 aliphatic heterocycles. The quantitative estimate of drug-likeness (QED) is 0.833. The molecule has 2 rings (SSSR count). The lowest BCUT2D eigenvalue weighted by Crippen LogP contribution is -2.33. The first-order valence-corrected chi connectivity index (χ1v) is 8.60. The van der Waals surface area contributed by atoms with Crippen molar-refractivity contribution in [2.75, 3.05) is 5.75 Å². The van der Waals surface area contributed by atoms with Crippen molar-refractivity contribution < 1.29 is 4.79 Å². The van der Waals surface area contributed by atoms with Gasteiger partial charge in [0.2, 0.25) is 5.91 Å². The molecule has 1 heterocycles. The summed E-state index contributed by atoms with van der Waals surface area (Å²) in [6.45, 7) is 6.62. The Bertz CT molecular complexity index is 724. The van der Waals surface area contributed by atoms with Gasteiger partial charge in [0.05, 0.1) is 11.3 Å². The number of amides is 1. The van der Waals surface area contributed by atoms with Crippen molar-refractivity contribution in [3.63, 3.8) is 0 Å². The number of benzene rings is 1. The van der Waals surface area contributed by atoms with E-state index >= 15 is 0 Å². The molecule has 0 radical (unpaired) electrons. The van der Waals surface area contributed by atoms with Gasteiger partial charge in [0.1, 0.15) is 0 Å². The van der Waals surface area contributed by atoms with Crippen molar-refractivity contribution >= 4 is 28.6 Å². The highest BCUT2D eigenvalue weighted by molar-refractivity contribution is 8.00. The smallest absolute Gasteiger partial charge is 0.252 e. The van der Waals surface area contributed by atoms with E-state index in [9.17, 15) is 9.59 Å². The third-order valence-corrected chi connectivity index (χ3v) is 4.73. The van der Waals surface area contributed by atoms with Crippen molar-refractivity contribution in [1.82, 2.24) is 9.88 Å². The van der Waals surface area contributed by atoms with Crippen LogP contribution in [0.4, 0.5) is 0 Å². The molecule has 118 valence electrons. The van der Waals surface area contributed by atoms with Crippen LogP contribution in [0, 0.1) is 0 Å². The van der Waals surface area contributed by atoms with Gasteiger partial charge in [-0.2, -0.15) is 0 Å². The third-order valence-electron chi connectivity index (χ3n) is 3.68. The minimum atomic E-state index is -0.0222. The van der Waals surface area contributed by atoms with Gasteiger partial charge in [0.25, 0.3) is 5.56 Å². The fourth-order valence-electron chi connectivity index (χ4n) is 2.31. The summed E-state index contributed by atoms with van der Waals surface area (Å²) in [5.41, 5.74) is 0.897. The van der Waals surface area contributed by atoms with Crippen LogP contribution in [-0.4, -0.2) is 22.3 Å². The minimum Gasteiger partial charge on any atom is -0.353 e. The molecule has 2 aromatic rings. The van der Waals surface area contributed by atoms with Crippen molar-refractivity contribution in [3.05, 3.63) is 40.7 Å². The lowest BCUT2D eigenvalue weighted by molar-refractivity contribution is -0.119. The second kappa shape index (κ2) is 7.49. The molecule has 1 aromatic carbocycles. The molecule has 1 unspecified atom stereocenters. The molecule has 0 aliphatic carbocycles. The highest BCUT2D eigenvalue weighted by Crippen LogP contribution is 2.26. The lowest BCUT2D eigenvalue weighted by atomic mass is 10.2. The molecule has 0 saturated carbocycles. The van der Waals surface area contributed by atoms with Crippen LogP contribution < -0.4 is 10.9 Å². The van der Waals surface area contributed by atoms with Crippen molar-refractivity contribution in [1.29, 1.82) is 0 Å². The largest absolute Gasteiger partial charge is 0.353 e. The number of hydrogen-bond acceptors (Lipinski definition) is 3. The molecule has 22 heavy (non-hydrogen) atoms. The first kappa shape index (κ1) is 16.6. The molecule has 0 saturated heterocycles. The Morgan fingerprint density at radius 3 is 2.73 bits per heavy atom. The number of fused-ring (bicyclic) bond motifs is 1. The maximum Gasteiger partial charge on any atom is 0.252 e. The lowest BCUT2D eigenvalue weighted by Gasteiger charge is -2.13.